The summed E-state index contributed by atoms with van der Waals surface area (Å²) in [6, 6.07) is 8.34. The van der Waals surface area contributed by atoms with E-state index >= 15 is 0 Å². The highest BCUT2D eigenvalue weighted by molar-refractivity contribution is 7.21. The van der Waals surface area contributed by atoms with E-state index in [9.17, 15) is 18.4 Å². The number of fused-ring (bicyclic) bond motifs is 2. The zero-order valence-electron chi connectivity index (χ0n) is 19.0. The highest BCUT2D eigenvalue weighted by Crippen LogP contribution is 2.33. The first kappa shape index (κ1) is 23.6. The van der Waals surface area contributed by atoms with Crippen LogP contribution in [0.1, 0.15) is 24.0 Å². The number of ether oxygens (including phenoxy) is 1. The number of anilines is 1. The minimum Gasteiger partial charge on any atom is -0.439 e. The summed E-state index contributed by atoms with van der Waals surface area (Å²) in [4.78, 5) is 35.5. The Kier molecular flexibility index (Phi) is 6.23. The number of allylic oxidation sites excluding steroid dienone is 3. The molecule has 3 amide bonds. The lowest BCUT2D eigenvalue weighted by Gasteiger charge is -2.16. The van der Waals surface area contributed by atoms with E-state index < -0.39 is 17.7 Å². The Morgan fingerprint density at radius 3 is 2.64 bits per heavy atom. The minimum absolute atomic E-state index is 0.0111. The number of aromatic nitrogens is 2. The van der Waals surface area contributed by atoms with E-state index in [2.05, 4.69) is 33.8 Å². The Labute approximate surface area is 209 Å². The van der Waals surface area contributed by atoms with Gasteiger partial charge in [-0.15, -0.1) is 0 Å². The molecular formula is C25H21F2N5O3S. The van der Waals surface area contributed by atoms with Crippen LogP contribution < -0.4 is 15.4 Å². The first-order valence-electron chi connectivity index (χ1n) is 11.1. The number of hydrogen-bond acceptors (Lipinski definition) is 6. The number of hydrogen-bond donors (Lipinski definition) is 2. The van der Waals surface area contributed by atoms with Crippen LogP contribution in [-0.4, -0.2) is 26.8 Å². The van der Waals surface area contributed by atoms with Crippen molar-refractivity contribution in [1.29, 1.82) is 0 Å². The highest BCUT2D eigenvalue weighted by Gasteiger charge is 2.30. The van der Waals surface area contributed by atoms with Crippen molar-refractivity contribution in [3.8, 4) is 11.6 Å². The van der Waals surface area contributed by atoms with E-state index in [-0.39, 0.29) is 24.1 Å². The summed E-state index contributed by atoms with van der Waals surface area (Å²) < 4.78 is 32.5. The monoisotopic (exact) mass is 509 g/mol. The van der Waals surface area contributed by atoms with Gasteiger partial charge in [0.05, 0.1) is 5.70 Å². The van der Waals surface area contributed by atoms with Gasteiger partial charge < -0.3 is 20.3 Å². The third kappa shape index (κ3) is 5.25. The van der Waals surface area contributed by atoms with E-state index in [0.717, 1.165) is 24.0 Å². The fraction of sp³-hybridized carbons (Fsp3) is 0.200. The van der Waals surface area contributed by atoms with Crippen molar-refractivity contribution in [1.82, 2.24) is 20.2 Å². The van der Waals surface area contributed by atoms with E-state index in [1.54, 1.807) is 18.2 Å². The zero-order chi connectivity index (χ0) is 25.4. The lowest BCUT2D eigenvalue weighted by molar-refractivity contribution is -0.117. The smallest absolute Gasteiger partial charge is 0.322 e. The Bertz CT molecular complexity index is 1450. The van der Waals surface area contributed by atoms with Gasteiger partial charge in [-0.05, 0) is 42.2 Å². The van der Waals surface area contributed by atoms with Gasteiger partial charge >= 0.3 is 6.03 Å². The van der Waals surface area contributed by atoms with Crippen LogP contribution in [0, 0.1) is 5.92 Å². The molecule has 0 spiro atoms. The molecule has 3 heterocycles. The molecule has 36 heavy (non-hydrogen) atoms. The van der Waals surface area contributed by atoms with Gasteiger partial charge in [-0.2, -0.15) is 0 Å². The molecule has 1 aliphatic carbocycles. The second-order valence-corrected chi connectivity index (χ2v) is 9.47. The van der Waals surface area contributed by atoms with E-state index in [1.807, 2.05) is 12.1 Å². The van der Waals surface area contributed by atoms with E-state index in [1.165, 1.54) is 16.2 Å². The van der Waals surface area contributed by atoms with Crippen molar-refractivity contribution in [2.75, 3.05) is 5.32 Å². The first-order valence-corrected chi connectivity index (χ1v) is 11.9. The van der Waals surface area contributed by atoms with Crippen molar-refractivity contribution in [2.24, 2.45) is 5.92 Å². The van der Waals surface area contributed by atoms with Crippen LogP contribution in [0.3, 0.4) is 0 Å². The lowest BCUT2D eigenvalue weighted by atomic mass is 10.1. The second kappa shape index (κ2) is 9.50. The largest absolute Gasteiger partial charge is 0.439 e. The fourth-order valence-electron chi connectivity index (χ4n) is 3.65. The van der Waals surface area contributed by atoms with Crippen LogP contribution >= 0.6 is 11.3 Å². The Morgan fingerprint density at radius 2 is 1.89 bits per heavy atom. The lowest BCUT2D eigenvalue weighted by Crippen LogP contribution is -2.35. The summed E-state index contributed by atoms with van der Waals surface area (Å²) in [6.45, 7) is 6.96. The number of thiazole rings is 1. The minimum atomic E-state index is -1.01. The van der Waals surface area contributed by atoms with Crippen LogP contribution in [0.15, 0.2) is 66.9 Å². The third-order valence-electron chi connectivity index (χ3n) is 5.65. The predicted molar refractivity (Wildman–Crippen MR) is 132 cm³/mol. The number of nitrogens with one attached hydrogen (secondary N) is 2. The van der Waals surface area contributed by atoms with Crippen molar-refractivity contribution >= 4 is 38.8 Å². The maximum atomic E-state index is 13.8. The summed E-state index contributed by atoms with van der Waals surface area (Å²) >= 11 is 1.28. The van der Waals surface area contributed by atoms with Crippen molar-refractivity contribution in [3.63, 3.8) is 0 Å². The molecule has 11 heteroatoms. The number of pyridine rings is 1. The molecule has 8 nitrogen and oxygen atoms in total. The summed E-state index contributed by atoms with van der Waals surface area (Å²) in [6.07, 6.45) is 2.38. The van der Waals surface area contributed by atoms with Crippen LogP contribution in [-0.2, 0) is 17.9 Å². The van der Waals surface area contributed by atoms with Crippen molar-refractivity contribution in [3.05, 3.63) is 78.0 Å². The molecule has 1 saturated carbocycles. The topological polar surface area (TPSA) is 96.5 Å². The van der Waals surface area contributed by atoms with Gasteiger partial charge in [0.2, 0.25) is 11.8 Å². The Hall–Kier alpha value is -4.12. The molecule has 0 radical (unpaired) electrons. The summed E-state index contributed by atoms with van der Waals surface area (Å²) in [7, 11) is 0. The van der Waals surface area contributed by atoms with Gasteiger partial charge in [-0.3, -0.25) is 4.79 Å². The number of rotatable bonds is 7. The Morgan fingerprint density at radius 1 is 1.11 bits per heavy atom. The van der Waals surface area contributed by atoms with Crippen LogP contribution in [0.5, 0.6) is 11.6 Å². The molecule has 1 aliphatic heterocycles. The van der Waals surface area contributed by atoms with Crippen LogP contribution in [0.4, 0.5) is 18.7 Å². The molecule has 0 bridgehead atoms. The molecule has 2 aliphatic rings. The molecule has 0 unspecified atom stereocenters. The zero-order valence-corrected chi connectivity index (χ0v) is 19.8. The number of carbonyl (C=O) groups is 2. The highest BCUT2D eigenvalue weighted by atomic mass is 32.1. The summed E-state index contributed by atoms with van der Waals surface area (Å²) in [5.74, 6) is -1.01. The van der Waals surface area contributed by atoms with Gasteiger partial charge in [0, 0.05) is 31.1 Å². The molecule has 5 rings (SSSR count). The quantitative estimate of drug-likeness (QED) is 0.398. The number of urea groups is 1. The molecule has 184 valence electrons. The third-order valence-corrected chi connectivity index (χ3v) is 6.53. The summed E-state index contributed by atoms with van der Waals surface area (Å²) in [5, 5.41) is 5.67. The van der Waals surface area contributed by atoms with E-state index in [0.29, 0.717) is 39.7 Å². The molecule has 3 aromatic rings. The van der Waals surface area contributed by atoms with Crippen LogP contribution in [0.2, 0.25) is 0 Å². The molecule has 2 aromatic heterocycles. The standard InChI is InChI=1S/C25H21F2N5O3S/c1-13(26)9-19(27)14(2)28-25(34)32-11-16-5-6-18(10-17(16)12-32)35-21-8-7-20-23(30-21)36-24(29-20)31-22(33)15-3-4-15/h5-10,15H,1-4,11-12H2,(H,28,34)(H,29,31,33)/b19-9+. The second-order valence-electron chi connectivity index (χ2n) is 8.49. The molecule has 0 atom stereocenters. The average molecular weight is 510 g/mol. The number of halogens is 2. The van der Waals surface area contributed by atoms with Gasteiger partial charge in [0.15, 0.2) is 5.13 Å². The van der Waals surface area contributed by atoms with Gasteiger partial charge in [0.1, 0.15) is 27.8 Å². The SMILES string of the molecule is C=C(F)/C=C(/F)C(=C)NC(=O)N1Cc2ccc(Oc3ccc4nc(NC(=O)C5CC5)sc4n3)cc2C1. The number of amides is 3. The number of nitrogens with zero attached hydrogens (tertiary/aromatic N) is 3. The average Bonchev–Trinajstić information content (AvgIpc) is 3.47. The van der Waals surface area contributed by atoms with Crippen molar-refractivity contribution in [2.45, 2.75) is 25.9 Å². The molecule has 0 saturated heterocycles. The summed E-state index contributed by atoms with van der Waals surface area (Å²) in [5.41, 5.74) is 2.10. The number of carbonyl (C=O) groups excluding carboxylic acids is 2. The maximum absolute atomic E-state index is 13.8. The van der Waals surface area contributed by atoms with Crippen LogP contribution in [0.25, 0.3) is 10.3 Å². The normalized spacial score (nSPS) is 14.9. The predicted octanol–water partition coefficient (Wildman–Crippen LogP) is 5.71. The molecule has 1 fully saturated rings. The molecule has 1 aromatic carbocycles. The van der Waals surface area contributed by atoms with Crippen molar-refractivity contribution < 1.29 is 23.1 Å². The first-order chi connectivity index (χ1) is 17.2. The van der Waals surface area contributed by atoms with Gasteiger partial charge in [-0.25, -0.2) is 23.5 Å². The number of benzene rings is 1. The van der Waals surface area contributed by atoms with Gasteiger partial charge in [0.25, 0.3) is 0 Å². The van der Waals surface area contributed by atoms with Gasteiger partial charge in [-0.1, -0.05) is 30.6 Å². The Balaban J connectivity index is 1.23. The molecular weight excluding hydrogens is 488 g/mol. The fourth-order valence-corrected chi connectivity index (χ4v) is 4.49. The van der Waals surface area contributed by atoms with E-state index in [4.69, 9.17) is 4.74 Å². The maximum Gasteiger partial charge on any atom is 0.322 e. The molecule has 2 N–H and O–H groups in total.